The summed E-state index contributed by atoms with van der Waals surface area (Å²) in [5.41, 5.74) is 12.8. The van der Waals surface area contributed by atoms with Crippen molar-refractivity contribution in [1.29, 1.82) is 0 Å². The number of fused-ring (bicyclic) bond motifs is 1. The zero-order valence-corrected chi connectivity index (χ0v) is 15.1. The Kier molecular flexibility index (Phi) is 5.03. The van der Waals surface area contributed by atoms with E-state index in [2.05, 4.69) is 77.7 Å². The summed E-state index contributed by atoms with van der Waals surface area (Å²) in [4.78, 5) is 2.63. The van der Waals surface area contributed by atoms with Gasteiger partial charge in [0.05, 0.1) is 0 Å². The molecule has 2 nitrogen and oxygen atoms in total. The molecule has 0 saturated heterocycles. The van der Waals surface area contributed by atoms with Gasteiger partial charge in [0.2, 0.25) is 0 Å². The van der Waals surface area contributed by atoms with Crippen LogP contribution < -0.4 is 5.73 Å². The molecule has 0 amide bonds. The zero-order chi connectivity index (χ0) is 17.8. The highest BCUT2D eigenvalue weighted by molar-refractivity contribution is 5.52. The Bertz CT molecular complexity index is 801. The maximum Gasteiger partial charge on any atom is 0.0349 e. The Morgan fingerprint density at radius 3 is 2.00 bits per heavy atom. The van der Waals surface area contributed by atoms with Crippen LogP contribution in [0.15, 0.2) is 78.9 Å². The minimum absolute atomic E-state index is 0.521. The smallest absolute Gasteiger partial charge is 0.0349 e. The first kappa shape index (κ1) is 16.9. The molecule has 132 valence electrons. The number of nitrogens with zero attached hydrogens (tertiary/aromatic N) is 1. The van der Waals surface area contributed by atoms with Crippen LogP contribution in [0.1, 0.15) is 28.7 Å². The fraction of sp³-hybridized carbons (Fsp3) is 0.250. The average molecular weight is 342 g/mol. The Hall–Kier alpha value is -2.58. The van der Waals surface area contributed by atoms with Gasteiger partial charge in [-0.25, -0.2) is 0 Å². The molecule has 0 aliphatic heterocycles. The number of hydrogen-bond acceptors (Lipinski definition) is 2. The van der Waals surface area contributed by atoms with Gasteiger partial charge in [-0.2, -0.15) is 0 Å². The largest absolute Gasteiger partial charge is 0.398 e. The van der Waals surface area contributed by atoms with Gasteiger partial charge in [0.25, 0.3) is 0 Å². The quantitative estimate of drug-likeness (QED) is 0.673. The number of rotatable bonds is 5. The van der Waals surface area contributed by atoms with Crippen molar-refractivity contribution >= 4 is 5.69 Å². The van der Waals surface area contributed by atoms with E-state index >= 15 is 0 Å². The zero-order valence-electron chi connectivity index (χ0n) is 15.1. The van der Waals surface area contributed by atoms with Crippen LogP contribution in [-0.2, 0) is 25.9 Å². The van der Waals surface area contributed by atoms with Crippen molar-refractivity contribution < 1.29 is 0 Å². The maximum atomic E-state index is 6.29. The van der Waals surface area contributed by atoms with Crippen LogP contribution in [-0.4, -0.2) is 10.9 Å². The first-order valence-corrected chi connectivity index (χ1v) is 9.48. The summed E-state index contributed by atoms with van der Waals surface area (Å²) >= 11 is 0. The molecule has 0 saturated carbocycles. The highest BCUT2D eigenvalue weighted by Gasteiger charge is 2.25. The average Bonchev–Trinajstić information content (AvgIpc) is 2.69. The molecule has 4 rings (SSSR count). The third kappa shape index (κ3) is 3.81. The molecule has 1 aliphatic rings. The highest BCUT2D eigenvalue weighted by atomic mass is 15.2. The van der Waals surface area contributed by atoms with Crippen LogP contribution in [0.5, 0.6) is 0 Å². The number of hydrogen-bond donors (Lipinski definition) is 1. The van der Waals surface area contributed by atoms with Crippen molar-refractivity contribution in [2.24, 2.45) is 0 Å². The molecule has 3 aromatic rings. The lowest BCUT2D eigenvalue weighted by atomic mass is 9.86. The fourth-order valence-corrected chi connectivity index (χ4v) is 4.06. The lowest BCUT2D eigenvalue weighted by Crippen LogP contribution is -2.38. The van der Waals surface area contributed by atoms with E-state index in [0.717, 1.165) is 31.6 Å². The number of benzene rings is 3. The first-order valence-electron chi connectivity index (χ1n) is 9.48. The van der Waals surface area contributed by atoms with Gasteiger partial charge < -0.3 is 5.73 Å². The molecule has 2 N–H and O–H groups in total. The molecule has 1 atom stereocenters. The lowest BCUT2D eigenvalue weighted by Gasteiger charge is -2.36. The Morgan fingerprint density at radius 1 is 0.769 bits per heavy atom. The number of nitrogens with two attached hydrogens (primary N) is 1. The summed E-state index contributed by atoms with van der Waals surface area (Å²) in [6, 6.07) is 28.5. The van der Waals surface area contributed by atoms with Gasteiger partial charge in [0.1, 0.15) is 0 Å². The molecule has 0 aromatic heterocycles. The van der Waals surface area contributed by atoms with Crippen molar-refractivity contribution in [3.8, 4) is 0 Å². The van der Waals surface area contributed by atoms with Gasteiger partial charge in [-0.05, 0) is 47.6 Å². The molecular weight excluding hydrogens is 316 g/mol. The third-order valence-corrected chi connectivity index (χ3v) is 5.47. The topological polar surface area (TPSA) is 29.3 Å². The number of nitrogen functional groups attached to an aromatic ring is 1. The van der Waals surface area contributed by atoms with E-state index in [9.17, 15) is 0 Å². The molecule has 0 spiro atoms. The van der Waals surface area contributed by atoms with Crippen molar-refractivity contribution in [2.45, 2.75) is 38.4 Å². The standard InChI is InChI=1S/C24H26N2/c25-24-13-7-12-21-14-15-22(16-23(21)24)26(17-19-8-3-1-4-9-19)18-20-10-5-2-6-11-20/h1-13,22H,14-18,25H2. The van der Waals surface area contributed by atoms with Crippen molar-refractivity contribution in [2.75, 3.05) is 5.73 Å². The van der Waals surface area contributed by atoms with Crippen LogP contribution in [0.3, 0.4) is 0 Å². The molecule has 0 bridgehead atoms. The second-order valence-corrected chi connectivity index (χ2v) is 7.26. The predicted octanol–water partition coefficient (Wildman–Crippen LogP) is 4.83. The summed E-state index contributed by atoms with van der Waals surface area (Å²) in [6.45, 7) is 1.95. The predicted molar refractivity (Wildman–Crippen MR) is 109 cm³/mol. The van der Waals surface area contributed by atoms with E-state index in [4.69, 9.17) is 5.73 Å². The second kappa shape index (κ2) is 7.76. The van der Waals surface area contributed by atoms with E-state index in [-0.39, 0.29) is 0 Å². The van der Waals surface area contributed by atoms with Crippen molar-refractivity contribution in [3.05, 3.63) is 101 Å². The van der Waals surface area contributed by atoms with E-state index < -0.39 is 0 Å². The summed E-state index contributed by atoms with van der Waals surface area (Å²) in [6.07, 6.45) is 3.35. The second-order valence-electron chi connectivity index (χ2n) is 7.26. The van der Waals surface area contributed by atoms with E-state index in [1.165, 1.54) is 28.7 Å². The molecule has 0 radical (unpaired) electrons. The van der Waals surface area contributed by atoms with Gasteiger partial charge >= 0.3 is 0 Å². The lowest BCUT2D eigenvalue weighted by molar-refractivity contribution is 0.162. The Balaban J connectivity index is 1.59. The SMILES string of the molecule is Nc1cccc2c1CC(N(Cc1ccccc1)Cc1ccccc1)CC2. The van der Waals surface area contributed by atoms with Gasteiger partial charge in [-0.1, -0.05) is 72.8 Å². The number of anilines is 1. The molecule has 0 fully saturated rings. The van der Waals surface area contributed by atoms with Crippen molar-refractivity contribution in [3.63, 3.8) is 0 Å². The summed E-state index contributed by atoms with van der Waals surface area (Å²) in [7, 11) is 0. The minimum Gasteiger partial charge on any atom is -0.398 e. The number of aryl methyl sites for hydroxylation is 1. The third-order valence-electron chi connectivity index (χ3n) is 5.47. The monoisotopic (exact) mass is 342 g/mol. The van der Waals surface area contributed by atoms with Crippen molar-refractivity contribution in [1.82, 2.24) is 4.90 Å². The highest BCUT2D eigenvalue weighted by Crippen LogP contribution is 2.30. The van der Waals surface area contributed by atoms with Crippen LogP contribution in [0, 0.1) is 0 Å². The van der Waals surface area contributed by atoms with E-state index in [0.29, 0.717) is 6.04 Å². The Morgan fingerprint density at radius 2 is 1.38 bits per heavy atom. The molecule has 0 heterocycles. The van der Waals surface area contributed by atoms with Crippen LogP contribution in [0.4, 0.5) is 5.69 Å². The Labute approximate surface area is 156 Å². The molecule has 1 unspecified atom stereocenters. The van der Waals surface area contributed by atoms with E-state index in [1.54, 1.807) is 0 Å². The normalized spacial score (nSPS) is 16.4. The molecule has 2 heteroatoms. The van der Waals surface area contributed by atoms with Crippen LogP contribution in [0.25, 0.3) is 0 Å². The summed E-state index contributed by atoms with van der Waals surface area (Å²) in [5.74, 6) is 0. The molecule has 26 heavy (non-hydrogen) atoms. The first-order chi connectivity index (χ1) is 12.8. The summed E-state index contributed by atoms with van der Waals surface area (Å²) < 4.78 is 0. The van der Waals surface area contributed by atoms with Gasteiger partial charge in [-0.3, -0.25) is 4.90 Å². The van der Waals surface area contributed by atoms with Crippen LogP contribution in [0.2, 0.25) is 0 Å². The maximum absolute atomic E-state index is 6.29. The van der Waals surface area contributed by atoms with E-state index in [1.807, 2.05) is 6.07 Å². The fourth-order valence-electron chi connectivity index (χ4n) is 4.06. The minimum atomic E-state index is 0.521. The van der Waals surface area contributed by atoms with Gasteiger partial charge in [0, 0.05) is 24.8 Å². The van der Waals surface area contributed by atoms with Crippen LogP contribution >= 0.6 is 0 Å². The molecule has 1 aliphatic carbocycles. The van der Waals surface area contributed by atoms with Gasteiger partial charge in [-0.15, -0.1) is 0 Å². The summed E-state index contributed by atoms with van der Waals surface area (Å²) in [5, 5.41) is 0. The molecule has 3 aromatic carbocycles. The van der Waals surface area contributed by atoms with Gasteiger partial charge in [0.15, 0.2) is 0 Å². The molecular formula is C24H26N2.